The maximum atomic E-state index is 6.29. The van der Waals surface area contributed by atoms with Crippen molar-refractivity contribution in [1.82, 2.24) is 19.5 Å². The molecule has 0 atom stereocenters. The van der Waals surface area contributed by atoms with Gasteiger partial charge in [0.05, 0.1) is 11.0 Å². The number of para-hydroxylation sites is 2. The van der Waals surface area contributed by atoms with Gasteiger partial charge in [-0.25, -0.2) is 15.0 Å². The molecule has 0 aliphatic carbocycles. The van der Waals surface area contributed by atoms with Crippen molar-refractivity contribution in [3.05, 3.63) is 194 Å². The van der Waals surface area contributed by atoms with Gasteiger partial charge >= 0.3 is 0 Å². The van der Waals surface area contributed by atoms with Gasteiger partial charge in [-0.1, -0.05) is 152 Å². The molecule has 5 heteroatoms. The fourth-order valence-corrected chi connectivity index (χ4v) is 8.01. The summed E-state index contributed by atoms with van der Waals surface area (Å²) in [5.74, 6) is 1.77. The van der Waals surface area contributed by atoms with Gasteiger partial charge in [0.15, 0.2) is 17.5 Å². The van der Waals surface area contributed by atoms with E-state index in [1.165, 1.54) is 21.9 Å². The highest BCUT2D eigenvalue weighted by molar-refractivity contribution is 6.15. The first-order valence-corrected chi connectivity index (χ1v) is 18.8. The predicted molar refractivity (Wildman–Crippen MR) is 229 cm³/mol. The van der Waals surface area contributed by atoms with Crippen LogP contribution in [0.3, 0.4) is 0 Å². The van der Waals surface area contributed by atoms with E-state index in [2.05, 4.69) is 168 Å². The molecule has 262 valence electrons. The first-order valence-electron chi connectivity index (χ1n) is 18.8. The SMILES string of the molecule is c1ccc(-c2ccc(-c3nc(-c4cccc(-n5c6ccccc6c6c(-c7ccccc7)cccc65)c4)nc(-c4ccc5c(c4)oc4ccccc45)n3)cc2)cc1. The summed E-state index contributed by atoms with van der Waals surface area (Å²) in [4.78, 5) is 15.4. The highest BCUT2D eigenvalue weighted by Gasteiger charge is 2.18. The first-order chi connectivity index (χ1) is 27.7. The Labute approximate surface area is 322 Å². The van der Waals surface area contributed by atoms with Crippen molar-refractivity contribution in [2.75, 3.05) is 0 Å². The minimum atomic E-state index is 0.578. The molecule has 5 nitrogen and oxygen atoms in total. The van der Waals surface area contributed by atoms with Crippen molar-refractivity contribution in [2.24, 2.45) is 0 Å². The zero-order chi connectivity index (χ0) is 37.0. The molecule has 0 bridgehead atoms. The molecule has 3 aromatic heterocycles. The van der Waals surface area contributed by atoms with E-state index in [0.717, 1.165) is 66.5 Å². The van der Waals surface area contributed by atoms with Crippen LogP contribution in [0.25, 0.3) is 106 Å². The predicted octanol–water partition coefficient (Wildman–Crippen LogP) is 13.2. The topological polar surface area (TPSA) is 56.7 Å². The molecule has 0 saturated carbocycles. The lowest BCUT2D eigenvalue weighted by atomic mass is 9.99. The van der Waals surface area contributed by atoms with Crippen LogP contribution in [0.2, 0.25) is 0 Å². The summed E-state index contributed by atoms with van der Waals surface area (Å²) in [6, 6.07) is 67.5. The molecule has 0 saturated heterocycles. The fraction of sp³-hybridized carbons (Fsp3) is 0. The van der Waals surface area contributed by atoms with Crippen LogP contribution < -0.4 is 0 Å². The fourth-order valence-electron chi connectivity index (χ4n) is 8.01. The lowest BCUT2D eigenvalue weighted by Gasteiger charge is -2.12. The van der Waals surface area contributed by atoms with Crippen molar-refractivity contribution in [3.63, 3.8) is 0 Å². The second-order valence-corrected chi connectivity index (χ2v) is 14.0. The number of rotatable bonds is 6. The Morgan fingerprint density at radius 2 is 0.875 bits per heavy atom. The summed E-state index contributed by atoms with van der Waals surface area (Å²) in [7, 11) is 0. The Balaban J connectivity index is 1.08. The van der Waals surface area contributed by atoms with Crippen molar-refractivity contribution < 1.29 is 4.42 Å². The van der Waals surface area contributed by atoms with Crippen LogP contribution >= 0.6 is 0 Å². The van der Waals surface area contributed by atoms with E-state index in [1.807, 2.05) is 30.3 Å². The van der Waals surface area contributed by atoms with E-state index in [4.69, 9.17) is 19.4 Å². The number of aromatic nitrogens is 4. The summed E-state index contributed by atoms with van der Waals surface area (Å²) in [5.41, 5.74) is 12.3. The van der Waals surface area contributed by atoms with Crippen LogP contribution in [-0.4, -0.2) is 19.5 Å². The van der Waals surface area contributed by atoms with Crippen molar-refractivity contribution in [1.29, 1.82) is 0 Å². The molecule has 0 amide bonds. The third kappa shape index (κ3) is 5.37. The van der Waals surface area contributed by atoms with E-state index in [1.54, 1.807) is 0 Å². The molecule has 0 N–H and O–H groups in total. The van der Waals surface area contributed by atoms with E-state index in [9.17, 15) is 0 Å². The molecule has 0 spiro atoms. The Kier molecular flexibility index (Phi) is 7.42. The molecule has 11 rings (SSSR count). The molecule has 0 unspecified atom stereocenters. The number of hydrogen-bond donors (Lipinski definition) is 0. The monoisotopic (exact) mass is 716 g/mol. The number of furan rings is 1. The first kappa shape index (κ1) is 31.9. The number of nitrogens with zero attached hydrogens (tertiary/aromatic N) is 4. The average Bonchev–Trinajstić information content (AvgIpc) is 3.82. The third-order valence-corrected chi connectivity index (χ3v) is 10.7. The molecular weight excluding hydrogens is 685 g/mol. The van der Waals surface area contributed by atoms with Gasteiger partial charge in [0, 0.05) is 43.9 Å². The third-order valence-electron chi connectivity index (χ3n) is 10.7. The largest absolute Gasteiger partial charge is 0.456 e. The molecule has 8 aromatic carbocycles. The average molecular weight is 717 g/mol. The van der Waals surface area contributed by atoms with Gasteiger partial charge in [0.2, 0.25) is 0 Å². The Hall–Kier alpha value is -7.63. The maximum absolute atomic E-state index is 6.29. The second kappa shape index (κ2) is 13.0. The summed E-state index contributed by atoms with van der Waals surface area (Å²) in [5, 5.41) is 4.58. The molecule has 0 fully saturated rings. The molecule has 3 heterocycles. The molecule has 0 aliphatic heterocycles. The van der Waals surface area contributed by atoms with E-state index in [-0.39, 0.29) is 0 Å². The van der Waals surface area contributed by atoms with Crippen molar-refractivity contribution in [3.8, 4) is 62.1 Å². The zero-order valence-electron chi connectivity index (χ0n) is 30.2. The van der Waals surface area contributed by atoms with Crippen LogP contribution in [0.15, 0.2) is 199 Å². The van der Waals surface area contributed by atoms with Gasteiger partial charge in [-0.2, -0.15) is 0 Å². The standard InChI is InChI=1S/C51H32N4O/c1-3-13-33(14-4-1)34-25-27-36(28-26-34)49-52-50(54-51(53-49)38-29-30-42-41-19-8-10-24-46(41)56-47(42)32-38)37-17-11-18-39(31-37)55-44-22-9-7-20-43(44)48-40(21-12-23-45(48)55)35-15-5-2-6-16-35/h1-32H. The van der Waals surface area contributed by atoms with E-state index < -0.39 is 0 Å². The molecule has 0 radical (unpaired) electrons. The highest BCUT2D eigenvalue weighted by Crippen LogP contribution is 2.39. The van der Waals surface area contributed by atoms with Crippen LogP contribution in [-0.2, 0) is 0 Å². The quantitative estimate of drug-likeness (QED) is 0.172. The Morgan fingerprint density at radius 3 is 1.66 bits per heavy atom. The van der Waals surface area contributed by atoms with Gasteiger partial charge in [-0.3, -0.25) is 0 Å². The summed E-state index contributed by atoms with van der Waals surface area (Å²) in [6.07, 6.45) is 0. The van der Waals surface area contributed by atoms with Gasteiger partial charge < -0.3 is 8.98 Å². The van der Waals surface area contributed by atoms with Gasteiger partial charge in [0.1, 0.15) is 11.2 Å². The summed E-state index contributed by atoms with van der Waals surface area (Å²) >= 11 is 0. The molecule has 0 aliphatic rings. The smallest absolute Gasteiger partial charge is 0.164 e. The van der Waals surface area contributed by atoms with Crippen LogP contribution in [0.1, 0.15) is 0 Å². The minimum Gasteiger partial charge on any atom is -0.456 e. The van der Waals surface area contributed by atoms with E-state index >= 15 is 0 Å². The van der Waals surface area contributed by atoms with Crippen molar-refractivity contribution in [2.45, 2.75) is 0 Å². The second-order valence-electron chi connectivity index (χ2n) is 14.0. The number of fused-ring (bicyclic) bond motifs is 6. The summed E-state index contributed by atoms with van der Waals surface area (Å²) in [6.45, 7) is 0. The van der Waals surface area contributed by atoms with Crippen molar-refractivity contribution >= 4 is 43.7 Å². The highest BCUT2D eigenvalue weighted by atomic mass is 16.3. The van der Waals surface area contributed by atoms with Crippen LogP contribution in [0.4, 0.5) is 0 Å². The molecule has 56 heavy (non-hydrogen) atoms. The normalized spacial score (nSPS) is 11.6. The zero-order valence-corrected chi connectivity index (χ0v) is 30.2. The minimum absolute atomic E-state index is 0.578. The van der Waals surface area contributed by atoms with Gasteiger partial charge in [0.25, 0.3) is 0 Å². The van der Waals surface area contributed by atoms with Crippen LogP contribution in [0.5, 0.6) is 0 Å². The lowest BCUT2D eigenvalue weighted by molar-refractivity contribution is 0.669. The number of hydrogen-bond acceptors (Lipinski definition) is 4. The Bertz CT molecular complexity index is 3240. The van der Waals surface area contributed by atoms with E-state index in [0.29, 0.717) is 17.5 Å². The van der Waals surface area contributed by atoms with Gasteiger partial charge in [-0.15, -0.1) is 0 Å². The molecule has 11 aromatic rings. The van der Waals surface area contributed by atoms with Crippen LogP contribution in [0, 0.1) is 0 Å². The maximum Gasteiger partial charge on any atom is 0.164 e. The summed E-state index contributed by atoms with van der Waals surface area (Å²) < 4.78 is 8.64. The Morgan fingerprint density at radius 1 is 0.339 bits per heavy atom. The van der Waals surface area contributed by atoms with Gasteiger partial charge in [-0.05, 0) is 64.7 Å². The number of benzene rings is 8. The lowest BCUT2D eigenvalue weighted by Crippen LogP contribution is -2.01. The molecular formula is C51H32N4O.